The van der Waals surface area contributed by atoms with E-state index in [2.05, 4.69) is 21.1 Å². The number of ether oxygens (including phenoxy) is 1. The number of aromatic amines is 1. The van der Waals surface area contributed by atoms with Crippen molar-refractivity contribution in [2.24, 2.45) is 5.92 Å². The van der Waals surface area contributed by atoms with Gasteiger partial charge in [-0.2, -0.15) is 9.50 Å². The summed E-state index contributed by atoms with van der Waals surface area (Å²) >= 11 is 0. The maximum atomic E-state index is 12.3. The minimum absolute atomic E-state index is 0.171. The Morgan fingerprint density at radius 2 is 2.16 bits per heavy atom. The first kappa shape index (κ1) is 16.3. The molecule has 0 atom stereocenters. The second kappa shape index (κ2) is 7.35. The predicted molar refractivity (Wildman–Crippen MR) is 96.2 cm³/mol. The number of hydrogen-bond donors (Lipinski definition) is 1. The second-order valence-corrected chi connectivity index (χ2v) is 6.98. The number of hydrogen-bond acceptors (Lipinski definition) is 4. The summed E-state index contributed by atoms with van der Waals surface area (Å²) in [5.41, 5.74) is 1.65. The minimum Gasteiger partial charge on any atom is -0.375 e. The third-order valence-electron chi connectivity index (χ3n) is 5.02. The van der Waals surface area contributed by atoms with Crippen LogP contribution in [-0.4, -0.2) is 26.2 Å². The average Bonchev–Trinajstić information content (AvgIpc) is 3.08. The van der Waals surface area contributed by atoms with Gasteiger partial charge in [0.1, 0.15) is 0 Å². The van der Waals surface area contributed by atoms with Crippen molar-refractivity contribution in [2.75, 3.05) is 6.61 Å². The van der Waals surface area contributed by atoms with Crippen LogP contribution in [0.15, 0.2) is 29.1 Å². The van der Waals surface area contributed by atoms with Gasteiger partial charge in [0.05, 0.1) is 6.61 Å². The van der Waals surface area contributed by atoms with Crippen molar-refractivity contribution in [1.29, 1.82) is 0 Å². The van der Waals surface area contributed by atoms with Crippen LogP contribution in [0.5, 0.6) is 0 Å². The lowest BCUT2D eigenvalue weighted by molar-refractivity contribution is 0.0720. The van der Waals surface area contributed by atoms with E-state index < -0.39 is 0 Å². The molecule has 0 aromatic carbocycles. The molecule has 1 fully saturated rings. The lowest BCUT2D eigenvalue weighted by atomic mass is 9.90. The molecule has 2 aromatic heterocycles. The highest BCUT2D eigenvalue weighted by Crippen LogP contribution is 2.24. The van der Waals surface area contributed by atoms with Crippen molar-refractivity contribution in [3.8, 4) is 0 Å². The molecule has 4 rings (SSSR count). The molecule has 0 radical (unpaired) electrons. The van der Waals surface area contributed by atoms with Gasteiger partial charge < -0.3 is 9.72 Å². The number of aromatic nitrogens is 4. The summed E-state index contributed by atoms with van der Waals surface area (Å²) < 4.78 is 7.17. The lowest BCUT2D eigenvalue weighted by Crippen LogP contribution is -2.17. The largest absolute Gasteiger partial charge is 0.375 e. The summed E-state index contributed by atoms with van der Waals surface area (Å²) in [5, 5.41) is 4.35. The molecule has 25 heavy (non-hydrogen) atoms. The minimum atomic E-state index is -0.171. The van der Waals surface area contributed by atoms with Gasteiger partial charge in [-0.1, -0.05) is 37.5 Å². The van der Waals surface area contributed by atoms with Crippen molar-refractivity contribution < 1.29 is 4.74 Å². The zero-order chi connectivity index (χ0) is 17.1. The van der Waals surface area contributed by atoms with Crippen LogP contribution in [-0.2, 0) is 11.3 Å². The number of nitrogens with zero attached hydrogens (tertiary/aromatic N) is 3. The molecule has 132 valence electrons. The van der Waals surface area contributed by atoms with Crippen LogP contribution < -0.4 is 5.56 Å². The predicted octanol–water partition coefficient (Wildman–Crippen LogP) is 3.25. The first-order valence-corrected chi connectivity index (χ1v) is 9.22. The van der Waals surface area contributed by atoms with Crippen molar-refractivity contribution in [3.63, 3.8) is 0 Å². The van der Waals surface area contributed by atoms with Crippen LogP contribution in [0.4, 0.5) is 0 Å². The van der Waals surface area contributed by atoms with Crippen LogP contribution >= 0.6 is 0 Å². The first-order valence-electron chi connectivity index (χ1n) is 9.22. The van der Waals surface area contributed by atoms with E-state index in [1.54, 1.807) is 6.07 Å². The van der Waals surface area contributed by atoms with Gasteiger partial charge in [-0.05, 0) is 37.2 Å². The summed E-state index contributed by atoms with van der Waals surface area (Å²) in [6, 6.07) is 1.56. The summed E-state index contributed by atoms with van der Waals surface area (Å²) in [7, 11) is 0. The molecule has 0 unspecified atom stereocenters. The molecule has 2 aliphatic carbocycles. The van der Waals surface area contributed by atoms with E-state index in [-0.39, 0.29) is 5.56 Å². The first-order chi connectivity index (χ1) is 12.3. The van der Waals surface area contributed by atoms with Crippen molar-refractivity contribution in [3.05, 3.63) is 46.2 Å². The molecule has 2 heterocycles. The Labute approximate surface area is 146 Å². The molecule has 0 bridgehead atoms. The Morgan fingerprint density at radius 3 is 2.96 bits per heavy atom. The van der Waals surface area contributed by atoms with E-state index in [1.807, 2.05) is 12.2 Å². The Morgan fingerprint density at radius 1 is 1.28 bits per heavy atom. The summed E-state index contributed by atoms with van der Waals surface area (Å²) in [6.07, 6.45) is 14.5. The van der Waals surface area contributed by atoms with Crippen molar-refractivity contribution in [1.82, 2.24) is 19.6 Å². The number of fused-ring (bicyclic) bond motifs is 1. The highest BCUT2D eigenvalue weighted by atomic mass is 16.5. The van der Waals surface area contributed by atoms with Gasteiger partial charge in [-0.3, -0.25) is 4.79 Å². The zero-order valence-electron chi connectivity index (χ0n) is 14.4. The number of H-pyrrole nitrogens is 1. The smallest absolute Gasteiger partial charge is 0.275 e. The Bertz CT molecular complexity index is 856. The maximum Gasteiger partial charge on any atom is 0.275 e. The molecule has 0 spiro atoms. The Hall–Kier alpha value is -2.21. The molecule has 0 saturated heterocycles. The summed E-state index contributed by atoms with van der Waals surface area (Å²) in [4.78, 5) is 20.0. The van der Waals surface area contributed by atoms with Gasteiger partial charge in [0.2, 0.25) is 5.78 Å². The normalized spacial score (nSPS) is 18.6. The van der Waals surface area contributed by atoms with Crippen LogP contribution in [0.3, 0.4) is 0 Å². The van der Waals surface area contributed by atoms with E-state index in [1.165, 1.54) is 36.6 Å². The van der Waals surface area contributed by atoms with Crippen LogP contribution in [0.25, 0.3) is 11.4 Å². The molecular weight excluding hydrogens is 316 g/mol. The highest BCUT2D eigenvalue weighted by Gasteiger charge is 2.15. The average molecular weight is 340 g/mol. The van der Waals surface area contributed by atoms with Crippen molar-refractivity contribution >= 4 is 11.4 Å². The third-order valence-corrected chi connectivity index (χ3v) is 5.02. The topological polar surface area (TPSA) is 72.3 Å². The quantitative estimate of drug-likeness (QED) is 0.907. The van der Waals surface area contributed by atoms with Gasteiger partial charge in [-0.25, -0.2) is 0 Å². The zero-order valence-corrected chi connectivity index (χ0v) is 14.4. The van der Waals surface area contributed by atoms with Crippen LogP contribution in [0.1, 0.15) is 56.5 Å². The van der Waals surface area contributed by atoms with Gasteiger partial charge in [0, 0.05) is 18.4 Å². The Balaban J connectivity index is 1.47. The van der Waals surface area contributed by atoms with E-state index in [4.69, 9.17) is 4.74 Å². The molecule has 0 amide bonds. The monoisotopic (exact) mass is 340 g/mol. The number of allylic oxidation sites excluding steroid dienone is 4. The molecule has 6 heteroatoms. The Kier molecular flexibility index (Phi) is 4.78. The molecule has 6 nitrogen and oxygen atoms in total. The molecule has 2 aromatic rings. The molecule has 1 N–H and O–H groups in total. The number of nitrogens with one attached hydrogen (secondary N) is 1. The standard InChI is InChI=1S/C19H24N4O2/c24-17-11-16(13-25-12-14-7-3-1-4-8-14)20-19-21-18(22-23(17)19)15-9-5-2-6-10-15/h2,5,9,11,14H,1,3-4,6-8,10,12-13H2,(H,20,21,22). The van der Waals surface area contributed by atoms with Crippen LogP contribution in [0, 0.1) is 5.92 Å². The van der Waals surface area contributed by atoms with Crippen LogP contribution in [0.2, 0.25) is 0 Å². The molecule has 1 saturated carbocycles. The van der Waals surface area contributed by atoms with Crippen molar-refractivity contribution in [2.45, 2.75) is 51.6 Å². The van der Waals surface area contributed by atoms with Gasteiger partial charge in [0.25, 0.3) is 5.56 Å². The SMILES string of the molecule is O=c1cc(COCC2CCCCC2)[nH]c2nc(C3=CC=CCC3)nn12. The van der Waals surface area contributed by atoms with Gasteiger partial charge in [0.15, 0.2) is 5.82 Å². The van der Waals surface area contributed by atoms with E-state index in [9.17, 15) is 4.79 Å². The highest BCUT2D eigenvalue weighted by molar-refractivity contribution is 5.63. The van der Waals surface area contributed by atoms with E-state index >= 15 is 0 Å². The second-order valence-electron chi connectivity index (χ2n) is 6.98. The fourth-order valence-corrected chi connectivity index (χ4v) is 3.63. The van der Waals surface area contributed by atoms with Gasteiger partial charge in [-0.15, -0.1) is 5.10 Å². The van der Waals surface area contributed by atoms with E-state index in [0.717, 1.165) is 30.7 Å². The fourth-order valence-electron chi connectivity index (χ4n) is 3.63. The number of rotatable bonds is 5. The third kappa shape index (κ3) is 3.74. The maximum absolute atomic E-state index is 12.3. The molecule has 2 aliphatic rings. The molecular formula is C19H24N4O2. The lowest BCUT2D eigenvalue weighted by Gasteiger charge is -2.21. The van der Waals surface area contributed by atoms with E-state index in [0.29, 0.717) is 24.1 Å². The summed E-state index contributed by atoms with van der Waals surface area (Å²) in [5.74, 6) is 1.77. The summed E-state index contributed by atoms with van der Waals surface area (Å²) in [6.45, 7) is 1.18. The van der Waals surface area contributed by atoms with Gasteiger partial charge >= 0.3 is 0 Å². The molecule has 0 aliphatic heterocycles. The fraction of sp³-hybridized carbons (Fsp3) is 0.526.